The van der Waals surface area contributed by atoms with Crippen LogP contribution in [0, 0.1) is 0 Å². The van der Waals surface area contributed by atoms with Crippen molar-refractivity contribution >= 4 is 21.6 Å². The summed E-state index contributed by atoms with van der Waals surface area (Å²) in [6.45, 7) is 0. The molecule has 31 heavy (non-hydrogen) atoms. The Bertz CT molecular complexity index is 1440. The fraction of sp³-hybridized carbons (Fsp3) is 0.0400. The molecule has 3 heterocycles. The van der Waals surface area contributed by atoms with Gasteiger partial charge in [0, 0.05) is 34.5 Å². The van der Waals surface area contributed by atoms with E-state index in [0.29, 0.717) is 21.5 Å². The Balaban J connectivity index is 1.70. The van der Waals surface area contributed by atoms with Crippen LogP contribution < -0.4 is 10.3 Å². The molecule has 0 amide bonds. The quantitative estimate of drug-likeness (QED) is 0.387. The van der Waals surface area contributed by atoms with Crippen molar-refractivity contribution in [3.05, 3.63) is 88.8 Å². The second kappa shape index (κ2) is 7.74. The van der Waals surface area contributed by atoms with Gasteiger partial charge in [-0.15, -0.1) is 11.3 Å². The van der Waals surface area contributed by atoms with Gasteiger partial charge in [0.1, 0.15) is 16.3 Å². The highest BCUT2D eigenvalue weighted by molar-refractivity contribution is 7.17. The summed E-state index contributed by atoms with van der Waals surface area (Å²) in [6.07, 6.45) is 3.52. The fourth-order valence-electron chi connectivity index (χ4n) is 3.79. The van der Waals surface area contributed by atoms with Crippen molar-refractivity contribution in [2.24, 2.45) is 0 Å². The molecule has 5 rings (SSSR count). The minimum absolute atomic E-state index is 0.0171. The largest absolute Gasteiger partial charge is 0.506 e. The molecule has 0 fully saturated rings. The maximum Gasteiger partial charge on any atom is 0.260 e. The molecule has 0 saturated carbocycles. The van der Waals surface area contributed by atoms with Crippen LogP contribution in [-0.4, -0.2) is 22.2 Å². The van der Waals surface area contributed by atoms with Crippen LogP contribution in [-0.2, 0) is 0 Å². The van der Waals surface area contributed by atoms with Crippen LogP contribution in [0.25, 0.3) is 43.6 Å². The number of aromatic amines is 1. The molecule has 0 radical (unpaired) electrons. The molecule has 3 aromatic heterocycles. The second-order valence-corrected chi connectivity index (χ2v) is 7.93. The van der Waals surface area contributed by atoms with Crippen LogP contribution in [0.2, 0.25) is 0 Å². The number of hydrogen-bond acceptors (Lipinski definition) is 5. The van der Waals surface area contributed by atoms with Gasteiger partial charge in [0.2, 0.25) is 0 Å². The molecule has 0 spiro atoms. The van der Waals surface area contributed by atoms with Crippen molar-refractivity contribution in [3.8, 4) is 44.9 Å². The Hall–Kier alpha value is -3.90. The molecule has 2 aromatic carbocycles. The standard InChI is InChI=1S/C25H18N2O3S/c1-30-20-12-16(9-10-18(20)17-8-5-11-26-13-17)19-14-31-25-22(19)23(28)21(24(29)27-25)15-6-3-2-4-7-15/h2-14H,1H3,(H2,27,28,29). The summed E-state index contributed by atoms with van der Waals surface area (Å²) in [7, 11) is 1.63. The third-order valence-corrected chi connectivity index (χ3v) is 6.16. The van der Waals surface area contributed by atoms with E-state index in [1.165, 1.54) is 11.3 Å². The lowest BCUT2D eigenvalue weighted by Crippen LogP contribution is -2.08. The SMILES string of the molecule is COc1cc(-c2csc3[nH]c(=O)c(-c4ccccc4)c(O)c23)ccc1-c1cccnc1. The number of benzene rings is 2. The van der Waals surface area contributed by atoms with Gasteiger partial charge in [0.15, 0.2) is 0 Å². The molecule has 0 saturated heterocycles. The Kier molecular flexibility index (Phi) is 4.76. The number of pyridine rings is 2. The highest BCUT2D eigenvalue weighted by Crippen LogP contribution is 2.43. The summed E-state index contributed by atoms with van der Waals surface area (Å²) in [5.74, 6) is 0.688. The normalized spacial score (nSPS) is 11.0. The highest BCUT2D eigenvalue weighted by atomic mass is 32.1. The molecule has 5 nitrogen and oxygen atoms in total. The topological polar surface area (TPSA) is 75.2 Å². The van der Waals surface area contributed by atoms with Crippen molar-refractivity contribution in [2.75, 3.05) is 7.11 Å². The molecular weight excluding hydrogens is 408 g/mol. The van der Waals surface area contributed by atoms with E-state index in [4.69, 9.17) is 4.74 Å². The lowest BCUT2D eigenvalue weighted by molar-refractivity contribution is 0.416. The van der Waals surface area contributed by atoms with Gasteiger partial charge in [0.05, 0.1) is 18.1 Å². The lowest BCUT2D eigenvalue weighted by atomic mass is 9.98. The van der Waals surface area contributed by atoms with E-state index in [2.05, 4.69) is 9.97 Å². The molecule has 0 unspecified atom stereocenters. The number of rotatable bonds is 4. The van der Waals surface area contributed by atoms with Crippen LogP contribution in [0.5, 0.6) is 11.5 Å². The van der Waals surface area contributed by atoms with Crippen molar-refractivity contribution in [1.82, 2.24) is 9.97 Å². The van der Waals surface area contributed by atoms with E-state index >= 15 is 0 Å². The molecule has 152 valence electrons. The molecular formula is C25H18N2O3S. The number of thiophene rings is 1. The van der Waals surface area contributed by atoms with Crippen LogP contribution in [0.1, 0.15) is 0 Å². The predicted molar refractivity (Wildman–Crippen MR) is 125 cm³/mol. The van der Waals surface area contributed by atoms with Crippen LogP contribution in [0.3, 0.4) is 0 Å². The van der Waals surface area contributed by atoms with Gasteiger partial charge in [-0.3, -0.25) is 9.78 Å². The average Bonchev–Trinajstić information content (AvgIpc) is 3.24. The fourth-order valence-corrected chi connectivity index (χ4v) is 4.75. The van der Waals surface area contributed by atoms with Crippen molar-refractivity contribution in [1.29, 1.82) is 0 Å². The summed E-state index contributed by atoms with van der Waals surface area (Å²) in [5.41, 5.74) is 4.24. The van der Waals surface area contributed by atoms with Crippen LogP contribution in [0.15, 0.2) is 83.2 Å². The zero-order valence-electron chi connectivity index (χ0n) is 16.6. The van der Waals surface area contributed by atoms with Crippen molar-refractivity contribution < 1.29 is 9.84 Å². The number of aromatic nitrogens is 2. The summed E-state index contributed by atoms with van der Waals surface area (Å²) in [5, 5.41) is 13.7. The van der Waals surface area contributed by atoms with E-state index in [1.54, 1.807) is 19.5 Å². The van der Waals surface area contributed by atoms with Crippen molar-refractivity contribution in [2.45, 2.75) is 0 Å². The summed E-state index contributed by atoms with van der Waals surface area (Å²) < 4.78 is 5.65. The minimum Gasteiger partial charge on any atom is -0.506 e. The number of fused-ring (bicyclic) bond motifs is 1. The second-order valence-electron chi connectivity index (χ2n) is 7.05. The molecule has 5 aromatic rings. The molecule has 0 bridgehead atoms. The van der Waals surface area contributed by atoms with Crippen molar-refractivity contribution in [3.63, 3.8) is 0 Å². The molecule has 0 aliphatic rings. The molecule has 6 heteroatoms. The van der Waals surface area contributed by atoms with E-state index in [1.807, 2.05) is 66.0 Å². The van der Waals surface area contributed by atoms with Crippen LogP contribution in [0.4, 0.5) is 0 Å². The Morgan fingerprint density at radius 3 is 2.52 bits per heavy atom. The first-order valence-corrected chi connectivity index (χ1v) is 10.6. The summed E-state index contributed by atoms with van der Waals surface area (Å²) in [4.78, 5) is 20.4. The van der Waals surface area contributed by atoms with Gasteiger partial charge in [-0.25, -0.2) is 0 Å². The predicted octanol–water partition coefficient (Wildman–Crippen LogP) is 5.70. The Morgan fingerprint density at radius 2 is 1.77 bits per heavy atom. The smallest absolute Gasteiger partial charge is 0.260 e. The van der Waals surface area contributed by atoms with Gasteiger partial charge in [-0.2, -0.15) is 0 Å². The molecule has 0 aliphatic carbocycles. The van der Waals surface area contributed by atoms with E-state index in [9.17, 15) is 9.90 Å². The van der Waals surface area contributed by atoms with Gasteiger partial charge in [-0.05, 0) is 29.3 Å². The third-order valence-electron chi connectivity index (χ3n) is 5.27. The minimum atomic E-state index is -0.311. The maximum atomic E-state index is 12.7. The highest BCUT2D eigenvalue weighted by Gasteiger charge is 2.19. The number of nitrogens with one attached hydrogen (secondary N) is 1. The summed E-state index contributed by atoms with van der Waals surface area (Å²) >= 11 is 1.39. The third kappa shape index (κ3) is 3.27. The average molecular weight is 426 g/mol. The lowest BCUT2D eigenvalue weighted by Gasteiger charge is -2.11. The van der Waals surface area contributed by atoms with E-state index in [-0.39, 0.29) is 16.9 Å². The first-order valence-electron chi connectivity index (χ1n) is 9.68. The number of aromatic hydroxyl groups is 1. The molecule has 2 N–H and O–H groups in total. The Morgan fingerprint density at radius 1 is 0.968 bits per heavy atom. The number of methoxy groups -OCH3 is 1. The van der Waals surface area contributed by atoms with Gasteiger partial charge >= 0.3 is 0 Å². The molecule has 0 atom stereocenters. The van der Waals surface area contributed by atoms with E-state index in [0.717, 1.165) is 22.3 Å². The van der Waals surface area contributed by atoms with Gasteiger partial charge in [0.25, 0.3) is 5.56 Å². The number of nitrogens with zero attached hydrogens (tertiary/aromatic N) is 1. The number of ether oxygens (including phenoxy) is 1. The monoisotopic (exact) mass is 426 g/mol. The zero-order valence-corrected chi connectivity index (χ0v) is 17.4. The van der Waals surface area contributed by atoms with Gasteiger partial charge < -0.3 is 14.8 Å². The molecule has 0 aliphatic heterocycles. The number of H-pyrrole nitrogens is 1. The number of hydrogen-bond donors (Lipinski definition) is 2. The van der Waals surface area contributed by atoms with Gasteiger partial charge in [-0.1, -0.05) is 42.5 Å². The first kappa shape index (κ1) is 19.1. The summed E-state index contributed by atoms with van der Waals surface area (Å²) in [6, 6.07) is 19.0. The Labute approximate surface area is 182 Å². The van der Waals surface area contributed by atoms with Crippen LogP contribution >= 0.6 is 11.3 Å². The van der Waals surface area contributed by atoms with E-state index < -0.39 is 0 Å². The zero-order chi connectivity index (χ0) is 21.4. The first-order chi connectivity index (χ1) is 15.2. The maximum absolute atomic E-state index is 12.7.